The Kier molecular flexibility index (Phi) is 6.74. The monoisotopic (exact) mass is 466 g/mol. The molecule has 28 heavy (non-hydrogen) atoms. The molecule has 1 aliphatic heterocycles. The Bertz CT molecular complexity index is 906. The van der Waals surface area contributed by atoms with Gasteiger partial charge in [-0.2, -0.15) is 4.31 Å². The van der Waals surface area contributed by atoms with Crippen LogP contribution in [0.5, 0.6) is 5.75 Å². The molecule has 1 amide bonds. The van der Waals surface area contributed by atoms with Crippen LogP contribution in [0, 0.1) is 0 Å². The summed E-state index contributed by atoms with van der Waals surface area (Å²) in [4.78, 5) is 14.5. The zero-order valence-electron chi connectivity index (χ0n) is 15.7. The number of nitrogens with zero attached hydrogens (tertiary/aromatic N) is 2. The number of amides is 1. The van der Waals surface area contributed by atoms with Crippen LogP contribution in [-0.4, -0.2) is 56.8 Å². The van der Waals surface area contributed by atoms with Gasteiger partial charge in [0.05, 0.1) is 12.0 Å². The second kappa shape index (κ2) is 9.07. The molecule has 1 aliphatic rings. The van der Waals surface area contributed by atoms with E-state index in [1.54, 1.807) is 36.3 Å². The van der Waals surface area contributed by atoms with Crippen LogP contribution >= 0.6 is 15.9 Å². The lowest BCUT2D eigenvalue weighted by molar-refractivity contribution is -0.132. The Morgan fingerprint density at radius 1 is 1.00 bits per heavy atom. The second-order valence-electron chi connectivity index (χ2n) is 6.59. The average Bonchev–Trinajstić information content (AvgIpc) is 2.73. The number of hydrogen-bond donors (Lipinski definition) is 0. The first-order chi connectivity index (χ1) is 13.4. The Labute approximate surface area is 174 Å². The highest BCUT2D eigenvalue weighted by molar-refractivity contribution is 9.10. The van der Waals surface area contributed by atoms with E-state index in [-0.39, 0.29) is 10.8 Å². The lowest BCUT2D eigenvalue weighted by Gasteiger charge is -2.34. The number of aryl methyl sites for hydroxylation is 1. The number of carbonyl (C=O) groups is 1. The van der Waals surface area contributed by atoms with Crippen LogP contribution in [0.1, 0.15) is 12.0 Å². The number of benzene rings is 2. The lowest BCUT2D eigenvalue weighted by Crippen LogP contribution is -2.50. The van der Waals surface area contributed by atoms with Crippen molar-refractivity contribution in [3.8, 4) is 5.75 Å². The van der Waals surface area contributed by atoms with Crippen LogP contribution < -0.4 is 4.74 Å². The molecule has 1 fully saturated rings. The summed E-state index contributed by atoms with van der Waals surface area (Å²) in [5.41, 5.74) is 1.07. The van der Waals surface area contributed by atoms with E-state index < -0.39 is 10.0 Å². The molecule has 0 aliphatic carbocycles. The Hall–Kier alpha value is -1.90. The first kappa shape index (κ1) is 20.8. The topological polar surface area (TPSA) is 66.9 Å². The van der Waals surface area contributed by atoms with E-state index in [2.05, 4.69) is 15.9 Å². The summed E-state index contributed by atoms with van der Waals surface area (Å²) >= 11 is 3.31. The van der Waals surface area contributed by atoms with Gasteiger partial charge >= 0.3 is 0 Å². The maximum absolute atomic E-state index is 12.7. The van der Waals surface area contributed by atoms with E-state index >= 15 is 0 Å². The number of ether oxygens (including phenoxy) is 1. The summed E-state index contributed by atoms with van der Waals surface area (Å²) in [6, 6.07) is 14.3. The van der Waals surface area contributed by atoms with Crippen molar-refractivity contribution in [2.24, 2.45) is 0 Å². The molecule has 1 saturated heterocycles. The Morgan fingerprint density at radius 2 is 1.61 bits per heavy atom. The summed E-state index contributed by atoms with van der Waals surface area (Å²) in [7, 11) is -1.91. The minimum atomic E-state index is -3.53. The van der Waals surface area contributed by atoms with Crippen molar-refractivity contribution in [1.29, 1.82) is 0 Å². The third-order valence-corrected chi connectivity index (χ3v) is 7.27. The largest absolute Gasteiger partial charge is 0.497 e. The first-order valence-corrected chi connectivity index (χ1v) is 11.3. The van der Waals surface area contributed by atoms with E-state index in [4.69, 9.17) is 4.74 Å². The standard InChI is InChI=1S/C20H23BrN2O4S/c1-27-18-7-2-16(3-8-18)4-11-20(24)22-12-14-23(15-13-22)28(25,26)19-9-5-17(21)6-10-19/h2-3,5-10H,4,11-15H2,1H3. The number of halogens is 1. The highest BCUT2D eigenvalue weighted by Gasteiger charge is 2.29. The van der Waals surface area contributed by atoms with Crippen molar-refractivity contribution >= 4 is 31.9 Å². The van der Waals surface area contributed by atoms with Crippen LogP contribution in [0.4, 0.5) is 0 Å². The minimum Gasteiger partial charge on any atom is -0.497 e. The van der Waals surface area contributed by atoms with Gasteiger partial charge in [0.1, 0.15) is 5.75 Å². The molecule has 8 heteroatoms. The van der Waals surface area contributed by atoms with Crippen LogP contribution in [-0.2, 0) is 21.2 Å². The van der Waals surface area contributed by atoms with Gasteiger partial charge in [-0.3, -0.25) is 4.79 Å². The molecule has 0 spiro atoms. The zero-order chi connectivity index (χ0) is 20.1. The molecule has 0 aromatic heterocycles. The van der Waals surface area contributed by atoms with Gasteiger partial charge in [0, 0.05) is 37.1 Å². The van der Waals surface area contributed by atoms with Crippen molar-refractivity contribution in [2.45, 2.75) is 17.7 Å². The minimum absolute atomic E-state index is 0.0523. The molecule has 0 N–H and O–H groups in total. The molecule has 0 bridgehead atoms. The van der Waals surface area contributed by atoms with Crippen molar-refractivity contribution in [3.63, 3.8) is 0 Å². The summed E-state index contributed by atoms with van der Waals surface area (Å²) in [6.45, 7) is 1.45. The van der Waals surface area contributed by atoms with Gasteiger partial charge in [-0.15, -0.1) is 0 Å². The van der Waals surface area contributed by atoms with Gasteiger partial charge in [-0.05, 0) is 48.4 Å². The molecule has 0 radical (unpaired) electrons. The normalized spacial score (nSPS) is 15.4. The summed E-state index contributed by atoms with van der Waals surface area (Å²) < 4.78 is 32.9. The number of piperazine rings is 1. The van der Waals surface area contributed by atoms with Gasteiger partial charge < -0.3 is 9.64 Å². The lowest BCUT2D eigenvalue weighted by atomic mass is 10.1. The fourth-order valence-corrected chi connectivity index (χ4v) is 4.82. The third-order valence-electron chi connectivity index (χ3n) is 4.83. The zero-order valence-corrected chi connectivity index (χ0v) is 18.1. The maximum Gasteiger partial charge on any atom is 0.243 e. The molecule has 0 atom stereocenters. The molecule has 150 valence electrons. The second-order valence-corrected chi connectivity index (χ2v) is 9.44. The SMILES string of the molecule is COc1ccc(CCC(=O)N2CCN(S(=O)(=O)c3ccc(Br)cc3)CC2)cc1. The average molecular weight is 467 g/mol. The molecule has 2 aromatic rings. The number of sulfonamides is 1. The summed E-state index contributed by atoms with van der Waals surface area (Å²) in [5, 5.41) is 0. The number of rotatable bonds is 6. The highest BCUT2D eigenvalue weighted by Crippen LogP contribution is 2.20. The van der Waals surface area contributed by atoms with Crippen molar-refractivity contribution in [2.75, 3.05) is 33.3 Å². The van der Waals surface area contributed by atoms with Crippen LogP contribution in [0.3, 0.4) is 0 Å². The first-order valence-electron chi connectivity index (χ1n) is 9.06. The molecule has 0 saturated carbocycles. The van der Waals surface area contributed by atoms with Gasteiger partial charge in [0.25, 0.3) is 0 Å². The summed E-state index contributed by atoms with van der Waals surface area (Å²) in [5.74, 6) is 0.842. The molecule has 2 aromatic carbocycles. The molecular weight excluding hydrogens is 444 g/mol. The number of methoxy groups -OCH3 is 1. The number of carbonyl (C=O) groups excluding carboxylic acids is 1. The van der Waals surface area contributed by atoms with Crippen molar-refractivity contribution in [3.05, 3.63) is 58.6 Å². The van der Waals surface area contributed by atoms with Crippen LogP contribution in [0.15, 0.2) is 57.9 Å². The third kappa shape index (κ3) is 4.92. The fraction of sp³-hybridized carbons (Fsp3) is 0.350. The van der Waals surface area contributed by atoms with Gasteiger partial charge in [-0.1, -0.05) is 28.1 Å². The predicted molar refractivity (Wildman–Crippen MR) is 111 cm³/mol. The van der Waals surface area contributed by atoms with E-state index in [9.17, 15) is 13.2 Å². The van der Waals surface area contributed by atoms with E-state index in [1.807, 2.05) is 24.3 Å². The molecule has 6 nitrogen and oxygen atoms in total. The molecule has 3 rings (SSSR count). The van der Waals surface area contributed by atoms with Crippen molar-refractivity contribution in [1.82, 2.24) is 9.21 Å². The van der Waals surface area contributed by atoms with Crippen LogP contribution in [0.25, 0.3) is 0 Å². The van der Waals surface area contributed by atoms with E-state index in [1.165, 1.54) is 4.31 Å². The molecule has 1 heterocycles. The van der Waals surface area contributed by atoms with E-state index in [0.29, 0.717) is 39.0 Å². The van der Waals surface area contributed by atoms with Crippen molar-refractivity contribution < 1.29 is 17.9 Å². The number of hydrogen-bond acceptors (Lipinski definition) is 4. The fourth-order valence-electron chi connectivity index (χ4n) is 3.14. The maximum atomic E-state index is 12.7. The van der Waals surface area contributed by atoms with Crippen LogP contribution in [0.2, 0.25) is 0 Å². The van der Waals surface area contributed by atoms with Gasteiger partial charge in [-0.25, -0.2) is 8.42 Å². The molecule has 0 unspecified atom stereocenters. The summed E-state index contributed by atoms with van der Waals surface area (Å²) in [6.07, 6.45) is 1.06. The Balaban J connectivity index is 1.52. The van der Waals surface area contributed by atoms with Gasteiger partial charge in [0.2, 0.25) is 15.9 Å². The van der Waals surface area contributed by atoms with E-state index in [0.717, 1.165) is 15.8 Å². The highest BCUT2D eigenvalue weighted by atomic mass is 79.9. The Morgan fingerprint density at radius 3 is 2.18 bits per heavy atom. The molecular formula is C20H23BrN2O4S. The predicted octanol–water partition coefficient (Wildman–Crippen LogP) is 2.92. The van der Waals surface area contributed by atoms with Gasteiger partial charge in [0.15, 0.2) is 0 Å². The smallest absolute Gasteiger partial charge is 0.243 e. The quantitative estimate of drug-likeness (QED) is 0.656.